The standard InChI is InChI=1S/C18H23N5S.HI/c1-13-6-4-10-23-12-15(22-17(13)23)8-9-20-18(19-3)21-14(2)16-7-5-11-24-16;/h4-7,10-12,14H,8-9H2,1-3H3,(H2,19,20,21);1H. The first-order valence-electron chi connectivity index (χ1n) is 8.11. The molecule has 0 saturated heterocycles. The van der Waals surface area contributed by atoms with E-state index < -0.39 is 0 Å². The summed E-state index contributed by atoms with van der Waals surface area (Å²) in [5.74, 6) is 0.816. The van der Waals surface area contributed by atoms with E-state index in [0.29, 0.717) is 0 Å². The average molecular weight is 469 g/mol. The van der Waals surface area contributed by atoms with Crippen molar-refractivity contribution < 1.29 is 0 Å². The van der Waals surface area contributed by atoms with Crippen molar-refractivity contribution in [3.8, 4) is 0 Å². The minimum atomic E-state index is 0. The van der Waals surface area contributed by atoms with Gasteiger partial charge in [0.2, 0.25) is 0 Å². The summed E-state index contributed by atoms with van der Waals surface area (Å²) < 4.78 is 2.08. The van der Waals surface area contributed by atoms with Crippen molar-refractivity contribution in [3.63, 3.8) is 0 Å². The summed E-state index contributed by atoms with van der Waals surface area (Å²) in [6.45, 7) is 5.02. The first kappa shape index (κ1) is 19.7. The zero-order chi connectivity index (χ0) is 16.9. The predicted octanol–water partition coefficient (Wildman–Crippen LogP) is 3.79. The Balaban J connectivity index is 0.00000225. The molecule has 0 aromatic carbocycles. The number of thiophene rings is 1. The Kier molecular flexibility index (Phi) is 7.24. The van der Waals surface area contributed by atoms with E-state index in [4.69, 9.17) is 4.98 Å². The van der Waals surface area contributed by atoms with Gasteiger partial charge in [-0.05, 0) is 36.9 Å². The fraction of sp³-hybridized carbons (Fsp3) is 0.333. The number of fused-ring (bicyclic) bond motifs is 1. The van der Waals surface area contributed by atoms with Crippen LogP contribution < -0.4 is 10.6 Å². The van der Waals surface area contributed by atoms with Gasteiger partial charge in [-0.3, -0.25) is 4.99 Å². The molecule has 1 unspecified atom stereocenters. The van der Waals surface area contributed by atoms with E-state index in [-0.39, 0.29) is 30.0 Å². The highest BCUT2D eigenvalue weighted by Gasteiger charge is 2.09. The van der Waals surface area contributed by atoms with Gasteiger partial charge in [0, 0.05) is 37.3 Å². The Bertz CT molecular complexity index is 825. The highest BCUT2D eigenvalue weighted by molar-refractivity contribution is 14.0. The van der Waals surface area contributed by atoms with E-state index in [2.05, 4.69) is 63.7 Å². The fourth-order valence-electron chi connectivity index (χ4n) is 2.64. The number of nitrogens with one attached hydrogen (secondary N) is 2. The van der Waals surface area contributed by atoms with Crippen molar-refractivity contribution in [2.24, 2.45) is 4.99 Å². The van der Waals surface area contributed by atoms with Crippen LogP contribution in [0.3, 0.4) is 0 Å². The molecule has 0 amide bonds. The van der Waals surface area contributed by atoms with Gasteiger partial charge in [0.1, 0.15) is 5.65 Å². The molecule has 2 N–H and O–H groups in total. The Morgan fingerprint density at radius 2 is 2.20 bits per heavy atom. The highest BCUT2D eigenvalue weighted by atomic mass is 127. The molecule has 3 rings (SSSR count). The summed E-state index contributed by atoms with van der Waals surface area (Å²) in [7, 11) is 1.80. The molecule has 7 heteroatoms. The second-order valence-electron chi connectivity index (χ2n) is 5.78. The monoisotopic (exact) mass is 469 g/mol. The number of hydrogen-bond donors (Lipinski definition) is 2. The van der Waals surface area contributed by atoms with Gasteiger partial charge in [0.15, 0.2) is 5.96 Å². The minimum Gasteiger partial charge on any atom is -0.356 e. The van der Waals surface area contributed by atoms with Gasteiger partial charge in [0.25, 0.3) is 0 Å². The van der Waals surface area contributed by atoms with Crippen LogP contribution in [0.5, 0.6) is 0 Å². The molecular weight excluding hydrogens is 445 g/mol. The number of pyridine rings is 1. The zero-order valence-corrected chi connectivity index (χ0v) is 17.8. The molecule has 0 spiro atoms. The van der Waals surface area contributed by atoms with Crippen LogP contribution in [0.4, 0.5) is 0 Å². The summed E-state index contributed by atoms with van der Waals surface area (Å²) in [4.78, 5) is 10.3. The lowest BCUT2D eigenvalue weighted by atomic mass is 10.3. The average Bonchev–Trinajstić information content (AvgIpc) is 3.23. The normalized spacial score (nSPS) is 12.7. The fourth-order valence-corrected chi connectivity index (χ4v) is 3.38. The van der Waals surface area contributed by atoms with Gasteiger partial charge in [-0.15, -0.1) is 35.3 Å². The van der Waals surface area contributed by atoms with Crippen LogP contribution in [-0.4, -0.2) is 28.9 Å². The molecule has 0 aliphatic carbocycles. The van der Waals surface area contributed by atoms with Crippen molar-refractivity contribution in [2.45, 2.75) is 26.3 Å². The van der Waals surface area contributed by atoms with Crippen molar-refractivity contribution >= 4 is 46.9 Å². The van der Waals surface area contributed by atoms with Gasteiger partial charge < -0.3 is 15.0 Å². The third-order valence-electron chi connectivity index (χ3n) is 3.95. The van der Waals surface area contributed by atoms with Crippen LogP contribution in [0.15, 0.2) is 47.0 Å². The number of aromatic nitrogens is 2. The smallest absolute Gasteiger partial charge is 0.191 e. The van der Waals surface area contributed by atoms with Crippen LogP contribution >= 0.6 is 35.3 Å². The van der Waals surface area contributed by atoms with E-state index in [1.807, 2.05) is 12.3 Å². The predicted molar refractivity (Wildman–Crippen MR) is 116 cm³/mol. The number of guanidine groups is 1. The maximum atomic E-state index is 4.70. The maximum absolute atomic E-state index is 4.70. The van der Waals surface area contributed by atoms with Crippen molar-refractivity contribution in [2.75, 3.05) is 13.6 Å². The van der Waals surface area contributed by atoms with Gasteiger partial charge in [0.05, 0.1) is 11.7 Å². The first-order chi connectivity index (χ1) is 11.7. The molecule has 3 aromatic rings. The second kappa shape index (κ2) is 9.19. The van der Waals surface area contributed by atoms with Crippen LogP contribution in [-0.2, 0) is 6.42 Å². The summed E-state index contributed by atoms with van der Waals surface area (Å²) in [6, 6.07) is 8.58. The van der Waals surface area contributed by atoms with E-state index in [0.717, 1.165) is 30.3 Å². The molecule has 0 aliphatic rings. The van der Waals surface area contributed by atoms with Crippen LogP contribution in [0, 0.1) is 6.92 Å². The van der Waals surface area contributed by atoms with Gasteiger partial charge in [-0.1, -0.05) is 12.1 Å². The number of aryl methyl sites for hydroxylation is 1. The SMILES string of the molecule is CN=C(NCCc1cn2cccc(C)c2n1)NC(C)c1cccs1.I. The third kappa shape index (κ3) is 4.94. The molecule has 0 saturated carbocycles. The highest BCUT2D eigenvalue weighted by Crippen LogP contribution is 2.17. The van der Waals surface area contributed by atoms with Crippen molar-refractivity contribution in [3.05, 3.63) is 58.2 Å². The molecular formula is C18H24IN5S. The second-order valence-corrected chi connectivity index (χ2v) is 6.76. The molecule has 3 aromatic heterocycles. The largest absolute Gasteiger partial charge is 0.356 e. The van der Waals surface area contributed by atoms with E-state index in [1.54, 1.807) is 18.4 Å². The summed E-state index contributed by atoms with van der Waals surface area (Å²) in [5.41, 5.74) is 3.30. The lowest BCUT2D eigenvalue weighted by molar-refractivity contribution is 0.694. The van der Waals surface area contributed by atoms with E-state index >= 15 is 0 Å². The van der Waals surface area contributed by atoms with Crippen molar-refractivity contribution in [1.82, 2.24) is 20.0 Å². The maximum Gasteiger partial charge on any atom is 0.191 e. The molecule has 134 valence electrons. The quantitative estimate of drug-likeness (QED) is 0.340. The number of halogens is 1. The summed E-state index contributed by atoms with van der Waals surface area (Å²) >= 11 is 1.75. The number of imidazole rings is 1. The molecule has 5 nitrogen and oxygen atoms in total. The third-order valence-corrected chi connectivity index (χ3v) is 5.00. The molecule has 1 atom stereocenters. The zero-order valence-electron chi connectivity index (χ0n) is 14.7. The van der Waals surface area contributed by atoms with Gasteiger partial charge in [-0.25, -0.2) is 4.98 Å². The van der Waals surface area contributed by atoms with E-state index in [1.165, 1.54) is 10.4 Å². The minimum absolute atomic E-state index is 0. The molecule has 0 bridgehead atoms. The topological polar surface area (TPSA) is 53.7 Å². The summed E-state index contributed by atoms with van der Waals surface area (Å²) in [6.07, 6.45) is 4.99. The first-order valence-corrected chi connectivity index (χ1v) is 8.99. The molecule has 3 heterocycles. The molecule has 0 radical (unpaired) electrons. The van der Waals surface area contributed by atoms with Gasteiger partial charge >= 0.3 is 0 Å². The molecule has 25 heavy (non-hydrogen) atoms. The number of rotatable bonds is 5. The number of aliphatic imine (C=N–C) groups is 1. The Hall–Kier alpha value is -1.61. The lowest BCUT2D eigenvalue weighted by Gasteiger charge is -2.16. The Morgan fingerprint density at radius 3 is 2.88 bits per heavy atom. The van der Waals surface area contributed by atoms with Crippen LogP contribution in [0.2, 0.25) is 0 Å². The Labute approximate surface area is 169 Å². The van der Waals surface area contributed by atoms with Crippen molar-refractivity contribution in [1.29, 1.82) is 0 Å². The van der Waals surface area contributed by atoms with Crippen LogP contribution in [0.1, 0.15) is 29.1 Å². The molecule has 0 aliphatic heterocycles. The summed E-state index contributed by atoms with van der Waals surface area (Å²) in [5, 5.41) is 8.87. The van der Waals surface area contributed by atoms with Gasteiger partial charge in [-0.2, -0.15) is 0 Å². The number of hydrogen-bond acceptors (Lipinski definition) is 3. The Morgan fingerprint density at radius 1 is 1.36 bits per heavy atom. The number of nitrogens with zero attached hydrogens (tertiary/aromatic N) is 3. The van der Waals surface area contributed by atoms with E-state index in [9.17, 15) is 0 Å². The lowest BCUT2D eigenvalue weighted by Crippen LogP contribution is -2.39. The van der Waals surface area contributed by atoms with Crippen LogP contribution in [0.25, 0.3) is 5.65 Å². The molecule has 0 fully saturated rings.